The van der Waals surface area contributed by atoms with Crippen molar-refractivity contribution >= 4 is 11.9 Å². The van der Waals surface area contributed by atoms with E-state index in [1.807, 2.05) is 18.2 Å². The highest BCUT2D eigenvalue weighted by atomic mass is 16.1. The largest absolute Gasteiger partial charge is 0.300 e. The number of Topliss-reactive ketones (excluding diaryl/α,β-unsaturated/α-hetero) is 1. The van der Waals surface area contributed by atoms with E-state index in [9.17, 15) is 4.79 Å². The van der Waals surface area contributed by atoms with Crippen LogP contribution in [0.4, 0.5) is 0 Å². The zero-order valence-corrected chi connectivity index (χ0v) is 8.20. The van der Waals surface area contributed by atoms with Crippen molar-refractivity contribution < 1.29 is 4.79 Å². The Morgan fingerprint density at radius 2 is 2.14 bits per heavy atom. The van der Waals surface area contributed by atoms with Crippen LogP contribution >= 0.6 is 0 Å². The Kier molecular flexibility index (Phi) is 2.49. The van der Waals surface area contributed by atoms with Gasteiger partial charge in [-0.1, -0.05) is 36.9 Å². The van der Waals surface area contributed by atoms with E-state index in [0.717, 1.165) is 12.8 Å². The Labute approximate surface area is 84.5 Å². The number of ketones is 1. The lowest BCUT2D eigenvalue weighted by Crippen LogP contribution is -1.96. The molecule has 1 aliphatic carbocycles. The molecule has 0 N–H and O–H groups in total. The Morgan fingerprint density at radius 3 is 2.79 bits per heavy atom. The minimum Gasteiger partial charge on any atom is -0.300 e. The number of hydrogen-bond donors (Lipinski definition) is 0. The van der Waals surface area contributed by atoms with Crippen LogP contribution in [-0.2, 0) is 4.79 Å². The fourth-order valence-electron chi connectivity index (χ4n) is 2.15. The SMILES string of the molecule is C=Cc1ccccc1C1CCC(=O)C1. The molecular formula is C13H14O. The molecule has 14 heavy (non-hydrogen) atoms. The molecule has 0 aromatic heterocycles. The number of carbonyl (C=O) groups is 1. The van der Waals surface area contributed by atoms with Crippen molar-refractivity contribution in [1.82, 2.24) is 0 Å². The second kappa shape index (κ2) is 3.79. The van der Waals surface area contributed by atoms with Gasteiger partial charge in [-0.05, 0) is 23.5 Å². The van der Waals surface area contributed by atoms with E-state index in [-0.39, 0.29) is 0 Å². The van der Waals surface area contributed by atoms with Crippen LogP contribution in [0.15, 0.2) is 30.8 Å². The summed E-state index contributed by atoms with van der Waals surface area (Å²) in [6.07, 6.45) is 4.34. The van der Waals surface area contributed by atoms with Crippen molar-refractivity contribution in [3.63, 3.8) is 0 Å². The lowest BCUT2D eigenvalue weighted by Gasteiger charge is -2.11. The molecule has 1 aromatic carbocycles. The average Bonchev–Trinajstić information content (AvgIpc) is 2.65. The molecule has 1 atom stereocenters. The Balaban J connectivity index is 2.31. The molecule has 1 fully saturated rings. The van der Waals surface area contributed by atoms with Gasteiger partial charge in [-0.3, -0.25) is 4.79 Å². The molecule has 0 heterocycles. The van der Waals surface area contributed by atoms with Gasteiger partial charge in [0.1, 0.15) is 5.78 Å². The highest BCUT2D eigenvalue weighted by Crippen LogP contribution is 2.34. The molecule has 1 heteroatoms. The predicted molar refractivity (Wildman–Crippen MR) is 58.1 cm³/mol. The van der Waals surface area contributed by atoms with Crippen molar-refractivity contribution in [1.29, 1.82) is 0 Å². The van der Waals surface area contributed by atoms with E-state index >= 15 is 0 Å². The van der Waals surface area contributed by atoms with Crippen molar-refractivity contribution in [2.75, 3.05) is 0 Å². The Morgan fingerprint density at radius 1 is 1.36 bits per heavy atom. The molecule has 1 aliphatic rings. The smallest absolute Gasteiger partial charge is 0.133 e. The third-order valence-corrected chi connectivity index (χ3v) is 2.90. The number of hydrogen-bond acceptors (Lipinski definition) is 1. The molecule has 0 spiro atoms. The first kappa shape index (κ1) is 9.20. The van der Waals surface area contributed by atoms with E-state index in [2.05, 4.69) is 18.7 Å². The maximum absolute atomic E-state index is 11.2. The molecule has 1 saturated carbocycles. The molecule has 1 nitrogen and oxygen atoms in total. The standard InChI is InChI=1S/C13H14O/c1-2-10-5-3-4-6-13(10)11-7-8-12(14)9-11/h2-6,11H,1,7-9H2. The summed E-state index contributed by atoms with van der Waals surface area (Å²) in [7, 11) is 0. The maximum atomic E-state index is 11.2. The molecular weight excluding hydrogens is 172 g/mol. The van der Waals surface area contributed by atoms with Crippen LogP contribution in [0.1, 0.15) is 36.3 Å². The average molecular weight is 186 g/mol. The molecule has 0 amide bonds. The van der Waals surface area contributed by atoms with Gasteiger partial charge in [0.25, 0.3) is 0 Å². The second-order valence-corrected chi connectivity index (χ2v) is 3.81. The summed E-state index contributed by atoms with van der Waals surface area (Å²) < 4.78 is 0. The minimum absolute atomic E-state index is 0.397. The number of benzene rings is 1. The summed E-state index contributed by atoms with van der Waals surface area (Å²) >= 11 is 0. The lowest BCUT2D eigenvalue weighted by atomic mass is 9.93. The zero-order chi connectivity index (χ0) is 9.97. The quantitative estimate of drug-likeness (QED) is 0.693. The van der Waals surface area contributed by atoms with Crippen molar-refractivity contribution in [3.8, 4) is 0 Å². The van der Waals surface area contributed by atoms with Gasteiger partial charge >= 0.3 is 0 Å². The van der Waals surface area contributed by atoms with E-state index in [0.29, 0.717) is 18.1 Å². The van der Waals surface area contributed by atoms with Crippen LogP contribution in [0, 0.1) is 0 Å². The first-order valence-electron chi connectivity index (χ1n) is 5.04. The summed E-state index contributed by atoms with van der Waals surface area (Å²) in [6.45, 7) is 3.80. The van der Waals surface area contributed by atoms with Gasteiger partial charge in [0.2, 0.25) is 0 Å². The van der Waals surface area contributed by atoms with Crippen LogP contribution < -0.4 is 0 Å². The van der Waals surface area contributed by atoms with Gasteiger partial charge in [-0.25, -0.2) is 0 Å². The fraction of sp³-hybridized carbons (Fsp3) is 0.308. The topological polar surface area (TPSA) is 17.1 Å². The van der Waals surface area contributed by atoms with Crippen LogP contribution in [0.2, 0.25) is 0 Å². The van der Waals surface area contributed by atoms with Crippen LogP contribution in [-0.4, -0.2) is 5.78 Å². The third-order valence-electron chi connectivity index (χ3n) is 2.90. The molecule has 0 radical (unpaired) electrons. The summed E-state index contributed by atoms with van der Waals surface area (Å²) in [5.74, 6) is 0.825. The van der Waals surface area contributed by atoms with Gasteiger partial charge in [-0.2, -0.15) is 0 Å². The Bertz CT molecular complexity index is 365. The second-order valence-electron chi connectivity index (χ2n) is 3.81. The van der Waals surface area contributed by atoms with Crippen LogP contribution in [0.5, 0.6) is 0 Å². The van der Waals surface area contributed by atoms with Crippen molar-refractivity contribution in [2.24, 2.45) is 0 Å². The highest BCUT2D eigenvalue weighted by Gasteiger charge is 2.24. The highest BCUT2D eigenvalue weighted by molar-refractivity contribution is 5.82. The van der Waals surface area contributed by atoms with E-state index in [4.69, 9.17) is 0 Å². The van der Waals surface area contributed by atoms with Crippen molar-refractivity contribution in [3.05, 3.63) is 42.0 Å². The third kappa shape index (κ3) is 1.63. The summed E-state index contributed by atoms with van der Waals surface area (Å²) in [5, 5.41) is 0. The molecule has 1 unspecified atom stereocenters. The molecule has 0 bridgehead atoms. The lowest BCUT2D eigenvalue weighted by molar-refractivity contribution is -0.117. The predicted octanol–water partition coefficient (Wildman–Crippen LogP) is 3.17. The molecule has 0 saturated heterocycles. The van der Waals surface area contributed by atoms with E-state index < -0.39 is 0 Å². The van der Waals surface area contributed by atoms with E-state index in [1.54, 1.807) is 0 Å². The first-order chi connectivity index (χ1) is 6.81. The molecule has 72 valence electrons. The molecule has 2 rings (SSSR count). The monoisotopic (exact) mass is 186 g/mol. The fourth-order valence-corrected chi connectivity index (χ4v) is 2.15. The normalized spacial score (nSPS) is 21.1. The van der Waals surface area contributed by atoms with Gasteiger partial charge in [-0.15, -0.1) is 0 Å². The van der Waals surface area contributed by atoms with E-state index in [1.165, 1.54) is 11.1 Å². The number of carbonyl (C=O) groups excluding carboxylic acids is 1. The van der Waals surface area contributed by atoms with Crippen molar-refractivity contribution in [2.45, 2.75) is 25.2 Å². The maximum Gasteiger partial charge on any atom is 0.133 e. The Hall–Kier alpha value is -1.37. The van der Waals surface area contributed by atoms with Gasteiger partial charge in [0.15, 0.2) is 0 Å². The van der Waals surface area contributed by atoms with Crippen LogP contribution in [0.3, 0.4) is 0 Å². The van der Waals surface area contributed by atoms with Gasteiger partial charge in [0.05, 0.1) is 0 Å². The van der Waals surface area contributed by atoms with Crippen LogP contribution in [0.25, 0.3) is 6.08 Å². The minimum atomic E-state index is 0.397. The first-order valence-corrected chi connectivity index (χ1v) is 5.04. The summed E-state index contributed by atoms with van der Waals surface area (Å²) in [5.41, 5.74) is 2.46. The number of rotatable bonds is 2. The molecule has 0 aliphatic heterocycles. The van der Waals surface area contributed by atoms with Gasteiger partial charge < -0.3 is 0 Å². The van der Waals surface area contributed by atoms with Gasteiger partial charge in [0, 0.05) is 12.8 Å². The summed E-state index contributed by atoms with van der Waals surface area (Å²) in [6, 6.07) is 8.22. The zero-order valence-electron chi connectivity index (χ0n) is 8.20. The summed E-state index contributed by atoms with van der Waals surface area (Å²) in [4.78, 5) is 11.2. The molecule has 1 aromatic rings.